The lowest BCUT2D eigenvalue weighted by Gasteiger charge is -2.04. The number of aromatic amines is 1. The van der Waals surface area contributed by atoms with Crippen molar-refractivity contribution in [1.82, 2.24) is 15.2 Å². The van der Waals surface area contributed by atoms with E-state index in [9.17, 15) is 4.79 Å². The lowest BCUT2D eigenvalue weighted by Crippen LogP contribution is -2.14. The number of aromatic nitrogens is 3. The Bertz CT molecular complexity index is 540. The van der Waals surface area contributed by atoms with Crippen molar-refractivity contribution in [2.45, 2.75) is 20.8 Å². The Labute approximate surface area is 99.3 Å². The molecule has 0 spiro atoms. The number of rotatable bonds is 2. The lowest BCUT2D eigenvalue weighted by molar-refractivity contribution is 0.102. The van der Waals surface area contributed by atoms with E-state index < -0.39 is 0 Å². The maximum absolute atomic E-state index is 12.0. The van der Waals surface area contributed by atoms with Gasteiger partial charge in [-0.3, -0.25) is 9.89 Å². The van der Waals surface area contributed by atoms with Gasteiger partial charge in [0.05, 0.1) is 17.1 Å². The molecule has 0 fully saturated rings. The Kier molecular flexibility index (Phi) is 2.91. The molecule has 0 radical (unpaired) electrons. The van der Waals surface area contributed by atoms with E-state index in [2.05, 4.69) is 20.5 Å². The molecule has 0 atom stereocenters. The zero-order valence-electron chi connectivity index (χ0n) is 10.0. The summed E-state index contributed by atoms with van der Waals surface area (Å²) in [4.78, 5) is 16.1. The number of aryl methyl sites for hydroxylation is 3. The van der Waals surface area contributed by atoms with Crippen LogP contribution in [0.1, 0.15) is 27.6 Å². The van der Waals surface area contributed by atoms with Crippen LogP contribution < -0.4 is 5.32 Å². The summed E-state index contributed by atoms with van der Waals surface area (Å²) < 4.78 is 0. The normalized spacial score (nSPS) is 10.3. The van der Waals surface area contributed by atoms with Crippen molar-refractivity contribution < 1.29 is 4.79 Å². The molecule has 17 heavy (non-hydrogen) atoms. The maximum atomic E-state index is 12.0. The number of nitrogens with zero attached hydrogens (tertiary/aromatic N) is 2. The van der Waals surface area contributed by atoms with Gasteiger partial charge in [0.25, 0.3) is 5.91 Å². The van der Waals surface area contributed by atoms with Gasteiger partial charge in [-0.2, -0.15) is 5.10 Å². The van der Waals surface area contributed by atoms with Crippen LogP contribution in [0.25, 0.3) is 0 Å². The molecule has 0 bridgehead atoms. The number of nitrogens with one attached hydrogen (secondary N) is 2. The summed E-state index contributed by atoms with van der Waals surface area (Å²) in [6, 6.07) is 5.35. The van der Waals surface area contributed by atoms with Crippen molar-refractivity contribution in [3.8, 4) is 0 Å². The monoisotopic (exact) mass is 230 g/mol. The highest BCUT2D eigenvalue weighted by molar-refractivity contribution is 6.03. The van der Waals surface area contributed by atoms with Gasteiger partial charge in [-0.1, -0.05) is 6.07 Å². The molecular formula is C12H14N4O. The molecule has 0 aliphatic carbocycles. The van der Waals surface area contributed by atoms with Crippen molar-refractivity contribution >= 4 is 11.6 Å². The van der Waals surface area contributed by atoms with Crippen LogP contribution in [0.4, 0.5) is 5.69 Å². The van der Waals surface area contributed by atoms with Crippen LogP contribution in [-0.2, 0) is 0 Å². The minimum absolute atomic E-state index is 0.221. The minimum atomic E-state index is -0.221. The molecule has 0 aliphatic rings. The number of amides is 1. The first-order valence-corrected chi connectivity index (χ1v) is 5.34. The molecule has 0 saturated heterocycles. The zero-order chi connectivity index (χ0) is 12.4. The van der Waals surface area contributed by atoms with Crippen LogP contribution >= 0.6 is 0 Å². The summed E-state index contributed by atoms with van der Waals surface area (Å²) in [6.07, 6.45) is 0. The van der Waals surface area contributed by atoms with Gasteiger partial charge in [0.15, 0.2) is 0 Å². The highest BCUT2D eigenvalue weighted by Crippen LogP contribution is 2.16. The quantitative estimate of drug-likeness (QED) is 0.828. The van der Waals surface area contributed by atoms with Gasteiger partial charge in [-0.15, -0.1) is 0 Å². The van der Waals surface area contributed by atoms with E-state index in [0.29, 0.717) is 5.69 Å². The summed E-state index contributed by atoms with van der Waals surface area (Å²) in [7, 11) is 0. The Balaban J connectivity index is 2.23. The first kappa shape index (κ1) is 11.3. The zero-order valence-corrected chi connectivity index (χ0v) is 10.0. The molecular weight excluding hydrogens is 216 g/mol. The highest BCUT2D eigenvalue weighted by Gasteiger charge is 2.12. The fourth-order valence-corrected chi connectivity index (χ4v) is 1.58. The molecule has 0 aliphatic heterocycles. The van der Waals surface area contributed by atoms with Gasteiger partial charge in [0, 0.05) is 5.69 Å². The summed E-state index contributed by atoms with van der Waals surface area (Å²) in [5.74, 6) is -0.221. The average molecular weight is 230 g/mol. The third-order valence-electron chi connectivity index (χ3n) is 2.49. The van der Waals surface area contributed by atoms with Gasteiger partial charge in [0.2, 0.25) is 0 Å². The predicted octanol–water partition coefficient (Wildman–Crippen LogP) is 1.98. The van der Waals surface area contributed by atoms with Gasteiger partial charge in [0.1, 0.15) is 5.69 Å². The van der Waals surface area contributed by atoms with E-state index >= 15 is 0 Å². The van der Waals surface area contributed by atoms with Crippen molar-refractivity contribution in [2.24, 2.45) is 0 Å². The topological polar surface area (TPSA) is 70.7 Å². The summed E-state index contributed by atoms with van der Waals surface area (Å²) in [6.45, 7) is 5.55. The molecule has 2 rings (SSSR count). The SMILES string of the molecule is Cc1cccc(C(=O)Nc2c(C)n[nH]c2C)n1. The number of carbonyl (C=O) groups excluding carboxylic acids is 1. The van der Waals surface area contributed by atoms with E-state index in [4.69, 9.17) is 0 Å². The molecule has 2 N–H and O–H groups in total. The first-order chi connectivity index (χ1) is 8.08. The van der Waals surface area contributed by atoms with Gasteiger partial charge >= 0.3 is 0 Å². The van der Waals surface area contributed by atoms with E-state index in [-0.39, 0.29) is 5.91 Å². The van der Waals surface area contributed by atoms with Crippen molar-refractivity contribution in [3.63, 3.8) is 0 Å². The molecule has 2 aromatic heterocycles. The summed E-state index contributed by atoms with van der Waals surface area (Å²) in [5.41, 5.74) is 3.55. The van der Waals surface area contributed by atoms with E-state index in [1.54, 1.807) is 6.07 Å². The fraction of sp³-hybridized carbons (Fsp3) is 0.250. The third kappa shape index (κ3) is 2.33. The highest BCUT2D eigenvalue weighted by atomic mass is 16.1. The maximum Gasteiger partial charge on any atom is 0.274 e. The van der Waals surface area contributed by atoms with Gasteiger partial charge in [-0.25, -0.2) is 4.98 Å². The van der Waals surface area contributed by atoms with Crippen LogP contribution in [0.3, 0.4) is 0 Å². The molecule has 5 heteroatoms. The molecule has 2 heterocycles. The van der Waals surface area contributed by atoms with Crippen molar-refractivity contribution in [3.05, 3.63) is 41.0 Å². The molecule has 1 amide bonds. The number of hydrogen-bond acceptors (Lipinski definition) is 3. The second-order valence-electron chi connectivity index (χ2n) is 3.93. The van der Waals surface area contributed by atoms with Crippen molar-refractivity contribution in [1.29, 1.82) is 0 Å². The second kappa shape index (κ2) is 4.37. The van der Waals surface area contributed by atoms with Crippen LogP contribution in [0.2, 0.25) is 0 Å². The Hall–Kier alpha value is -2.17. The smallest absolute Gasteiger partial charge is 0.274 e. The standard InChI is InChI=1S/C12H14N4O/c1-7-5-4-6-10(13-7)12(17)14-11-8(2)15-16-9(11)3/h4-6H,1-3H3,(H,14,17)(H,15,16). The number of pyridine rings is 1. The molecule has 0 saturated carbocycles. The Morgan fingerprint density at radius 1 is 1.29 bits per heavy atom. The number of H-pyrrole nitrogens is 1. The van der Waals surface area contributed by atoms with E-state index in [1.807, 2.05) is 32.9 Å². The van der Waals surface area contributed by atoms with E-state index in [1.165, 1.54) is 0 Å². The largest absolute Gasteiger partial charge is 0.317 e. The molecule has 2 aromatic rings. The minimum Gasteiger partial charge on any atom is -0.317 e. The van der Waals surface area contributed by atoms with Crippen LogP contribution in [-0.4, -0.2) is 21.1 Å². The first-order valence-electron chi connectivity index (χ1n) is 5.34. The summed E-state index contributed by atoms with van der Waals surface area (Å²) in [5, 5.41) is 9.65. The average Bonchev–Trinajstić information content (AvgIpc) is 2.61. The van der Waals surface area contributed by atoms with E-state index in [0.717, 1.165) is 22.8 Å². The number of anilines is 1. The molecule has 5 nitrogen and oxygen atoms in total. The number of hydrogen-bond donors (Lipinski definition) is 2. The van der Waals surface area contributed by atoms with Gasteiger partial charge < -0.3 is 5.32 Å². The molecule has 0 unspecified atom stereocenters. The van der Waals surface area contributed by atoms with Crippen LogP contribution in [0, 0.1) is 20.8 Å². The third-order valence-corrected chi connectivity index (χ3v) is 2.49. The Morgan fingerprint density at radius 2 is 2.06 bits per heavy atom. The lowest BCUT2D eigenvalue weighted by atomic mass is 10.2. The Morgan fingerprint density at radius 3 is 2.65 bits per heavy atom. The van der Waals surface area contributed by atoms with Gasteiger partial charge in [-0.05, 0) is 32.9 Å². The second-order valence-corrected chi connectivity index (χ2v) is 3.93. The molecule has 88 valence electrons. The summed E-state index contributed by atoms with van der Waals surface area (Å²) >= 11 is 0. The van der Waals surface area contributed by atoms with Crippen LogP contribution in [0.15, 0.2) is 18.2 Å². The fourth-order valence-electron chi connectivity index (χ4n) is 1.58. The van der Waals surface area contributed by atoms with Crippen molar-refractivity contribution in [2.75, 3.05) is 5.32 Å². The van der Waals surface area contributed by atoms with Crippen LogP contribution in [0.5, 0.6) is 0 Å². The number of carbonyl (C=O) groups is 1. The predicted molar refractivity (Wildman–Crippen MR) is 65.0 cm³/mol. The molecule has 0 aromatic carbocycles.